The van der Waals surface area contributed by atoms with Crippen LogP contribution in [0.25, 0.3) is 21.8 Å². The monoisotopic (exact) mass is 622 g/mol. The van der Waals surface area contributed by atoms with Gasteiger partial charge in [0.1, 0.15) is 11.6 Å². The van der Waals surface area contributed by atoms with E-state index in [0.29, 0.717) is 23.4 Å². The summed E-state index contributed by atoms with van der Waals surface area (Å²) >= 11 is 1.03. The third-order valence-corrected chi connectivity index (χ3v) is 11.4. The number of thiazole rings is 1. The molecule has 0 atom stereocenters. The second kappa shape index (κ2) is 9.66. The van der Waals surface area contributed by atoms with Crippen LogP contribution in [-0.2, 0) is 19.9 Å². The molecule has 3 heterocycles. The summed E-state index contributed by atoms with van der Waals surface area (Å²) in [5, 5.41) is 3.29. The number of halogens is 3. The Balaban J connectivity index is 1.28. The van der Waals surface area contributed by atoms with E-state index in [-0.39, 0.29) is 45.3 Å². The van der Waals surface area contributed by atoms with Crippen molar-refractivity contribution in [2.24, 2.45) is 5.41 Å². The van der Waals surface area contributed by atoms with Crippen molar-refractivity contribution >= 4 is 48.0 Å². The molecule has 0 bridgehead atoms. The first-order valence-corrected chi connectivity index (χ1v) is 16.3. The number of hydrogen-bond acceptors (Lipinski definition) is 10. The highest BCUT2D eigenvalue weighted by molar-refractivity contribution is 7.93. The predicted octanol–water partition coefficient (Wildman–Crippen LogP) is 4.06. The first-order chi connectivity index (χ1) is 19.3. The van der Waals surface area contributed by atoms with Crippen molar-refractivity contribution in [2.45, 2.75) is 23.8 Å². The zero-order chi connectivity index (χ0) is 29.2. The van der Waals surface area contributed by atoms with Crippen LogP contribution < -0.4 is 15.8 Å². The first-order valence-electron chi connectivity index (χ1n) is 12.2. The Hall–Kier alpha value is -3.76. The predicted molar refractivity (Wildman–Crippen MR) is 148 cm³/mol. The van der Waals surface area contributed by atoms with Crippen molar-refractivity contribution in [3.05, 3.63) is 66.1 Å². The summed E-state index contributed by atoms with van der Waals surface area (Å²) in [6.07, 6.45) is 2.86. The van der Waals surface area contributed by atoms with Crippen molar-refractivity contribution in [1.82, 2.24) is 15.0 Å². The zero-order valence-electron chi connectivity index (χ0n) is 20.9. The van der Waals surface area contributed by atoms with E-state index in [1.807, 2.05) is 4.72 Å². The number of nitrogens with one attached hydrogen (secondary N) is 2. The Morgan fingerprint density at radius 3 is 2.37 bits per heavy atom. The minimum atomic E-state index is -4.82. The fourth-order valence-corrected chi connectivity index (χ4v) is 9.64. The van der Waals surface area contributed by atoms with Gasteiger partial charge in [-0.05, 0) is 43.2 Å². The Bertz CT molecular complexity index is 1880. The summed E-state index contributed by atoms with van der Waals surface area (Å²) in [5.41, 5.74) is 5.56. The lowest BCUT2D eigenvalue weighted by Crippen LogP contribution is -2.60. The van der Waals surface area contributed by atoms with Gasteiger partial charge in [-0.25, -0.2) is 45.0 Å². The Morgan fingerprint density at radius 1 is 1.00 bits per heavy atom. The number of aromatic nitrogens is 3. The highest BCUT2D eigenvalue weighted by Gasteiger charge is 2.56. The molecule has 41 heavy (non-hydrogen) atoms. The Labute approximate surface area is 236 Å². The van der Waals surface area contributed by atoms with E-state index in [9.17, 15) is 25.6 Å². The van der Waals surface area contributed by atoms with Gasteiger partial charge >= 0.3 is 0 Å². The van der Waals surface area contributed by atoms with Crippen molar-refractivity contribution in [1.29, 1.82) is 0 Å². The van der Waals surface area contributed by atoms with Gasteiger partial charge in [0.05, 0.1) is 33.5 Å². The number of anilines is 3. The molecule has 1 saturated heterocycles. The Morgan fingerprint density at radius 2 is 1.68 bits per heavy atom. The summed E-state index contributed by atoms with van der Waals surface area (Å²) in [6, 6.07) is 7.97. The minimum Gasteiger partial charge on any atom is -0.375 e. The smallest absolute Gasteiger partial charge is 0.267 e. The van der Waals surface area contributed by atoms with Crippen LogP contribution in [0.15, 0.2) is 53.6 Å². The minimum absolute atomic E-state index is 0.00758. The van der Waals surface area contributed by atoms with E-state index in [1.165, 1.54) is 18.3 Å². The quantitative estimate of drug-likeness (QED) is 0.277. The molecule has 2 fully saturated rings. The maximum atomic E-state index is 15.7. The molecule has 1 aliphatic heterocycles. The van der Waals surface area contributed by atoms with Crippen molar-refractivity contribution in [3.8, 4) is 21.8 Å². The SMILES string of the molecule is Nc1nc(-c2cccc(NS(=O)(=O)c3c(F)cccc3F)c2F)c(-c2ccnc(NC3CC4(C3)CS(=O)(=O)C4)n2)s1. The van der Waals surface area contributed by atoms with E-state index in [2.05, 4.69) is 20.3 Å². The van der Waals surface area contributed by atoms with Gasteiger partial charge in [0.25, 0.3) is 10.0 Å². The molecule has 1 aliphatic carbocycles. The molecule has 1 saturated carbocycles. The number of benzene rings is 2. The standard InChI is InChI=1S/C25H21F3N6O4S3/c26-15-4-2-5-16(27)22(15)41(37,38)34-17-6-1-3-14(19(17)28)20-21(39-23(29)33-20)18-7-8-30-24(32-18)31-13-9-25(10-13)11-40(35,36)12-25/h1-8,13,34H,9-12H2,(H2,29,33)(H,30,31,32). The summed E-state index contributed by atoms with van der Waals surface area (Å²) in [4.78, 5) is 12.1. The maximum absolute atomic E-state index is 15.7. The van der Waals surface area contributed by atoms with Gasteiger partial charge in [-0.2, -0.15) is 0 Å². The number of rotatable bonds is 7. The lowest BCUT2D eigenvalue weighted by molar-refractivity contribution is 0.153. The lowest BCUT2D eigenvalue weighted by atomic mass is 9.67. The van der Waals surface area contributed by atoms with Crippen LogP contribution in [0.3, 0.4) is 0 Å². The maximum Gasteiger partial charge on any atom is 0.267 e. The second-order valence-electron chi connectivity index (χ2n) is 10.1. The first kappa shape index (κ1) is 27.4. The van der Waals surface area contributed by atoms with Gasteiger partial charge in [0.2, 0.25) is 5.95 Å². The molecule has 214 valence electrons. The van der Waals surface area contributed by atoms with Crippen LogP contribution in [0.4, 0.5) is 29.9 Å². The van der Waals surface area contributed by atoms with Gasteiger partial charge in [0, 0.05) is 23.2 Å². The van der Waals surface area contributed by atoms with Gasteiger partial charge in [-0.15, -0.1) is 0 Å². The molecule has 10 nitrogen and oxygen atoms in total. The fraction of sp³-hybridized carbons (Fsp3) is 0.240. The number of sulfonamides is 1. The van der Waals surface area contributed by atoms with Crippen molar-refractivity contribution in [3.63, 3.8) is 0 Å². The topological polar surface area (TPSA) is 157 Å². The summed E-state index contributed by atoms with van der Waals surface area (Å²) in [6.45, 7) is 0. The number of nitrogens with zero attached hydrogens (tertiary/aromatic N) is 3. The van der Waals surface area contributed by atoms with Crippen LogP contribution in [-0.4, -0.2) is 49.3 Å². The van der Waals surface area contributed by atoms with Crippen LogP contribution >= 0.6 is 11.3 Å². The molecule has 2 aliphatic rings. The summed E-state index contributed by atoms with van der Waals surface area (Å²) in [5.74, 6) is -3.02. The molecule has 0 unspecified atom stereocenters. The molecule has 2 aromatic carbocycles. The van der Waals surface area contributed by atoms with Gasteiger partial charge in [-0.1, -0.05) is 23.5 Å². The highest BCUT2D eigenvalue weighted by Crippen LogP contribution is 2.50. The van der Waals surface area contributed by atoms with E-state index >= 15 is 4.39 Å². The van der Waals surface area contributed by atoms with E-state index in [0.717, 1.165) is 35.6 Å². The molecule has 2 aromatic heterocycles. The van der Waals surface area contributed by atoms with Crippen LogP contribution in [0.2, 0.25) is 0 Å². The summed E-state index contributed by atoms with van der Waals surface area (Å²) in [7, 11) is -7.76. The van der Waals surface area contributed by atoms with Crippen LogP contribution in [0.1, 0.15) is 12.8 Å². The molecule has 4 N–H and O–H groups in total. The lowest BCUT2D eigenvalue weighted by Gasteiger charge is -2.53. The average Bonchev–Trinajstić information content (AvgIpc) is 3.24. The third kappa shape index (κ3) is 5.10. The van der Waals surface area contributed by atoms with Gasteiger partial charge in [0.15, 0.2) is 25.7 Å². The number of nitrogen functional groups attached to an aromatic ring is 1. The Kier molecular flexibility index (Phi) is 6.46. The average molecular weight is 623 g/mol. The van der Waals surface area contributed by atoms with Gasteiger partial charge in [-0.3, -0.25) is 4.72 Å². The normalized spacial score (nSPS) is 17.5. The molecular weight excluding hydrogens is 602 g/mol. The number of hydrogen-bond donors (Lipinski definition) is 3. The molecule has 0 radical (unpaired) electrons. The van der Waals surface area contributed by atoms with Crippen molar-refractivity contribution < 1.29 is 30.0 Å². The van der Waals surface area contributed by atoms with E-state index in [1.54, 1.807) is 6.07 Å². The molecule has 4 aromatic rings. The van der Waals surface area contributed by atoms with Crippen molar-refractivity contribution in [2.75, 3.05) is 27.3 Å². The summed E-state index contributed by atoms with van der Waals surface area (Å²) < 4.78 is 94.5. The molecule has 1 spiro atoms. The molecule has 16 heteroatoms. The molecule has 0 amide bonds. The molecular formula is C25H21F3N6O4S3. The highest BCUT2D eigenvalue weighted by atomic mass is 32.2. The number of sulfone groups is 1. The van der Waals surface area contributed by atoms with Crippen LogP contribution in [0.5, 0.6) is 0 Å². The third-order valence-electron chi connectivity index (χ3n) is 6.96. The molecule has 6 rings (SSSR count). The fourth-order valence-electron chi connectivity index (χ4n) is 5.37. The number of nitrogens with two attached hydrogens (primary N) is 1. The van der Waals surface area contributed by atoms with E-state index < -0.39 is 47.9 Å². The van der Waals surface area contributed by atoms with Crippen LogP contribution in [0, 0.1) is 22.9 Å². The zero-order valence-corrected chi connectivity index (χ0v) is 23.4. The van der Waals surface area contributed by atoms with Gasteiger partial charge < -0.3 is 11.1 Å². The largest absolute Gasteiger partial charge is 0.375 e. The van der Waals surface area contributed by atoms with E-state index in [4.69, 9.17) is 5.73 Å². The second-order valence-corrected chi connectivity index (χ2v) is 14.8.